The van der Waals surface area contributed by atoms with Crippen molar-refractivity contribution in [3.05, 3.63) is 51.9 Å². The molecule has 1 atom stereocenters. The zero-order chi connectivity index (χ0) is 15.4. The number of benzene rings is 1. The van der Waals surface area contributed by atoms with Gasteiger partial charge in [-0.05, 0) is 19.1 Å². The van der Waals surface area contributed by atoms with Crippen LogP contribution in [0.5, 0.6) is 11.5 Å². The fraction of sp³-hybridized carbons (Fsp3) is 0.333. The Bertz CT molecular complexity index is 682. The molecule has 0 aliphatic rings. The van der Waals surface area contributed by atoms with Crippen molar-refractivity contribution in [1.29, 1.82) is 0 Å². The molecule has 21 heavy (non-hydrogen) atoms. The first-order chi connectivity index (χ1) is 10.0. The second kappa shape index (κ2) is 6.41. The second-order valence-electron chi connectivity index (χ2n) is 4.71. The molecule has 0 saturated carbocycles. The van der Waals surface area contributed by atoms with Gasteiger partial charge in [0.2, 0.25) is 0 Å². The van der Waals surface area contributed by atoms with E-state index in [4.69, 9.17) is 15.2 Å². The molecule has 0 amide bonds. The Balaban J connectivity index is 2.29. The van der Waals surface area contributed by atoms with Crippen molar-refractivity contribution in [1.82, 2.24) is 9.78 Å². The highest BCUT2D eigenvalue weighted by Crippen LogP contribution is 2.28. The maximum absolute atomic E-state index is 11.8. The monoisotopic (exact) mass is 289 g/mol. The van der Waals surface area contributed by atoms with Crippen LogP contribution in [0, 0.1) is 6.92 Å². The van der Waals surface area contributed by atoms with Gasteiger partial charge in [0.1, 0.15) is 11.5 Å². The number of ether oxygens (including phenoxy) is 2. The summed E-state index contributed by atoms with van der Waals surface area (Å²) in [5.41, 5.74) is 7.58. The van der Waals surface area contributed by atoms with Gasteiger partial charge in [-0.25, -0.2) is 4.68 Å². The molecular weight excluding hydrogens is 270 g/mol. The smallest absolute Gasteiger partial charge is 0.266 e. The molecule has 2 aromatic rings. The van der Waals surface area contributed by atoms with Crippen LogP contribution in [0.4, 0.5) is 0 Å². The number of rotatable bonds is 5. The Hall–Kier alpha value is -2.34. The number of methoxy groups -OCH3 is 2. The summed E-state index contributed by atoms with van der Waals surface area (Å²) in [5, 5.41) is 4.19. The molecular formula is C15H19N3O3. The van der Waals surface area contributed by atoms with E-state index in [9.17, 15) is 4.79 Å². The number of nitrogens with zero attached hydrogens (tertiary/aromatic N) is 2. The molecule has 1 heterocycles. The minimum Gasteiger partial charge on any atom is -0.497 e. The lowest BCUT2D eigenvalue weighted by atomic mass is 10.1. The van der Waals surface area contributed by atoms with E-state index in [1.165, 1.54) is 10.7 Å². The molecule has 0 aliphatic carbocycles. The Morgan fingerprint density at radius 1 is 1.24 bits per heavy atom. The van der Waals surface area contributed by atoms with E-state index >= 15 is 0 Å². The minimum atomic E-state index is -0.405. The number of hydrogen-bond donors (Lipinski definition) is 1. The molecule has 0 saturated heterocycles. The first-order valence-electron chi connectivity index (χ1n) is 6.57. The minimum absolute atomic E-state index is 0.177. The van der Waals surface area contributed by atoms with E-state index in [1.54, 1.807) is 26.4 Å². The van der Waals surface area contributed by atoms with Crippen LogP contribution < -0.4 is 20.8 Å². The summed E-state index contributed by atoms with van der Waals surface area (Å²) in [7, 11) is 3.16. The molecule has 1 unspecified atom stereocenters. The predicted octanol–water partition coefficient (Wildman–Crippen LogP) is 1.27. The van der Waals surface area contributed by atoms with Gasteiger partial charge in [-0.3, -0.25) is 4.79 Å². The third-order valence-electron chi connectivity index (χ3n) is 3.21. The van der Waals surface area contributed by atoms with Crippen LogP contribution >= 0.6 is 0 Å². The van der Waals surface area contributed by atoms with Gasteiger partial charge in [0.15, 0.2) is 0 Å². The fourth-order valence-corrected chi connectivity index (χ4v) is 2.09. The molecule has 0 aliphatic heterocycles. The Morgan fingerprint density at radius 3 is 2.67 bits per heavy atom. The zero-order valence-electron chi connectivity index (χ0n) is 12.4. The van der Waals surface area contributed by atoms with Crippen LogP contribution in [0.15, 0.2) is 35.1 Å². The van der Waals surface area contributed by atoms with Crippen molar-refractivity contribution < 1.29 is 9.47 Å². The summed E-state index contributed by atoms with van der Waals surface area (Å²) in [6, 6.07) is 8.17. The Kier molecular flexibility index (Phi) is 4.59. The molecule has 0 fully saturated rings. The van der Waals surface area contributed by atoms with E-state index in [0.29, 0.717) is 11.5 Å². The number of aromatic nitrogens is 2. The van der Waals surface area contributed by atoms with Crippen LogP contribution in [0.1, 0.15) is 17.3 Å². The Labute approximate surface area is 123 Å². The quantitative estimate of drug-likeness (QED) is 0.896. The highest BCUT2D eigenvalue weighted by atomic mass is 16.5. The van der Waals surface area contributed by atoms with Crippen molar-refractivity contribution in [2.24, 2.45) is 5.73 Å². The zero-order valence-corrected chi connectivity index (χ0v) is 12.4. The van der Waals surface area contributed by atoms with Crippen LogP contribution in [-0.2, 0) is 6.54 Å². The van der Waals surface area contributed by atoms with E-state index in [2.05, 4.69) is 5.10 Å². The SMILES string of the molecule is COc1ccc(C(N)Cn2nc(C)ccc2=O)c(OC)c1. The molecule has 0 bridgehead atoms. The average Bonchev–Trinajstić information content (AvgIpc) is 2.50. The van der Waals surface area contributed by atoms with Crippen LogP contribution in [0.25, 0.3) is 0 Å². The third-order valence-corrected chi connectivity index (χ3v) is 3.21. The van der Waals surface area contributed by atoms with Crippen molar-refractivity contribution >= 4 is 0 Å². The fourth-order valence-electron chi connectivity index (χ4n) is 2.09. The van der Waals surface area contributed by atoms with Crippen LogP contribution in [0.2, 0.25) is 0 Å². The number of hydrogen-bond acceptors (Lipinski definition) is 5. The van der Waals surface area contributed by atoms with Crippen molar-refractivity contribution in [3.8, 4) is 11.5 Å². The lowest BCUT2D eigenvalue weighted by molar-refractivity contribution is 0.384. The molecule has 2 N–H and O–H groups in total. The first kappa shape index (κ1) is 15.1. The van der Waals surface area contributed by atoms with E-state index in [1.807, 2.05) is 19.1 Å². The van der Waals surface area contributed by atoms with Gasteiger partial charge >= 0.3 is 0 Å². The van der Waals surface area contributed by atoms with Gasteiger partial charge in [0.05, 0.1) is 32.5 Å². The molecule has 2 rings (SSSR count). The molecule has 0 radical (unpaired) electrons. The average molecular weight is 289 g/mol. The normalized spacial score (nSPS) is 12.0. The lowest BCUT2D eigenvalue weighted by Gasteiger charge is -2.17. The van der Waals surface area contributed by atoms with Gasteiger partial charge in [0.25, 0.3) is 5.56 Å². The summed E-state index contributed by atoms with van der Waals surface area (Å²) in [6.07, 6.45) is 0. The summed E-state index contributed by atoms with van der Waals surface area (Å²) in [4.78, 5) is 11.8. The summed E-state index contributed by atoms with van der Waals surface area (Å²) >= 11 is 0. The largest absolute Gasteiger partial charge is 0.497 e. The number of nitrogens with two attached hydrogens (primary N) is 1. The van der Waals surface area contributed by atoms with Crippen molar-refractivity contribution in [3.63, 3.8) is 0 Å². The third kappa shape index (κ3) is 3.41. The van der Waals surface area contributed by atoms with Crippen LogP contribution in [-0.4, -0.2) is 24.0 Å². The van der Waals surface area contributed by atoms with Gasteiger partial charge in [-0.15, -0.1) is 0 Å². The van der Waals surface area contributed by atoms with Crippen LogP contribution in [0.3, 0.4) is 0 Å². The molecule has 1 aromatic heterocycles. The summed E-state index contributed by atoms with van der Waals surface area (Å²) in [6.45, 7) is 2.11. The predicted molar refractivity (Wildman–Crippen MR) is 79.7 cm³/mol. The molecule has 1 aromatic carbocycles. The van der Waals surface area contributed by atoms with Gasteiger partial charge in [-0.1, -0.05) is 6.07 Å². The maximum atomic E-state index is 11.8. The Morgan fingerprint density at radius 2 is 2.00 bits per heavy atom. The highest BCUT2D eigenvalue weighted by Gasteiger charge is 2.14. The van der Waals surface area contributed by atoms with E-state index < -0.39 is 6.04 Å². The molecule has 6 heteroatoms. The summed E-state index contributed by atoms with van der Waals surface area (Å²) < 4.78 is 11.9. The summed E-state index contributed by atoms with van der Waals surface area (Å²) in [5.74, 6) is 1.32. The number of aryl methyl sites for hydroxylation is 1. The lowest BCUT2D eigenvalue weighted by Crippen LogP contribution is -2.28. The maximum Gasteiger partial charge on any atom is 0.266 e. The van der Waals surface area contributed by atoms with Crippen molar-refractivity contribution in [2.45, 2.75) is 19.5 Å². The molecule has 112 valence electrons. The second-order valence-corrected chi connectivity index (χ2v) is 4.71. The van der Waals surface area contributed by atoms with E-state index in [0.717, 1.165) is 11.3 Å². The van der Waals surface area contributed by atoms with Gasteiger partial charge in [-0.2, -0.15) is 5.10 Å². The van der Waals surface area contributed by atoms with Gasteiger partial charge < -0.3 is 15.2 Å². The first-order valence-corrected chi connectivity index (χ1v) is 6.57. The van der Waals surface area contributed by atoms with Gasteiger partial charge in [0, 0.05) is 17.7 Å². The van der Waals surface area contributed by atoms with E-state index in [-0.39, 0.29) is 12.1 Å². The standard InChI is InChI=1S/C15H19N3O3/c1-10-4-7-15(19)18(17-10)9-13(16)12-6-5-11(20-2)8-14(12)21-3/h4-8,13H,9,16H2,1-3H3. The van der Waals surface area contributed by atoms with Crippen molar-refractivity contribution in [2.75, 3.05) is 14.2 Å². The molecule has 0 spiro atoms. The molecule has 6 nitrogen and oxygen atoms in total. The topological polar surface area (TPSA) is 79.4 Å². The highest BCUT2D eigenvalue weighted by molar-refractivity contribution is 5.42.